The number of para-hydroxylation sites is 1. The standard InChI is InChI=1S/C43H33NS/c1-26-20-22-34-37(24-26)43(3,4)36-17-10-15-32-35-25-29(21-23-30(35)27(2)40(34)41(32)36)44(28-12-6-5-7-13-28)38-18-11-16-33-31-14-8-9-19-39(31)45-42(33)38/h5-25H,1-4H3. The van der Waals surface area contributed by atoms with Crippen LogP contribution in [0.2, 0.25) is 0 Å². The van der Waals surface area contributed by atoms with E-state index in [0.717, 1.165) is 5.69 Å². The van der Waals surface area contributed by atoms with Crippen molar-refractivity contribution in [1.82, 2.24) is 0 Å². The van der Waals surface area contributed by atoms with Gasteiger partial charge in [0.25, 0.3) is 0 Å². The lowest BCUT2D eigenvalue weighted by Crippen LogP contribution is -2.24. The van der Waals surface area contributed by atoms with Crippen molar-refractivity contribution >= 4 is 70.1 Å². The van der Waals surface area contributed by atoms with E-state index in [2.05, 4.69) is 160 Å². The number of hydrogen-bond acceptors (Lipinski definition) is 2. The van der Waals surface area contributed by atoms with E-state index in [1.165, 1.54) is 86.5 Å². The molecule has 0 bridgehead atoms. The maximum atomic E-state index is 2.45. The van der Waals surface area contributed by atoms with Crippen LogP contribution in [-0.4, -0.2) is 0 Å². The highest BCUT2D eigenvalue weighted by Gasteiger charge is 2.35. The Kier molecular flexibility index (Phi) is 5.61. The number of hydrogen-bond donors (Lipinski definition) is 0. The number of fused-ring (bicyclic) bond motifs is 7. The molecule has 8 aromatic rings. The fraction of sp³-hybridized carbons (Fsp3) is 0.116. The van der Waals surface area contributed by atoms with Crippen LogP contribution in [-0.2, 0) is 5.41 Å². The van der Waals surface area contributed by atoms with E-state index in [9.17, 15) is 0 Å². The van der Waals surface area contributed by atoms with E-state index in [1.807, 2.05) is 11.3 Å². The van der Waals surface area contributed by atoms with Gasteiger partial charge >= 0.3 is 0 Å². The Labute approximate surface area is 268 Å². The summed E-state index contributed by atoms with van der Waals surface area (Å²) in [5.41, 5.74) is 11.7. The van der Waals surface area contributed by atoms with Gasteiger partial charge < -0.3 is 4.90 Å². The monoisotopic (exact) mass is 595 g/mol. The van der Waals surface area contributed by atoms with Crippen LogP contribution in [0.15, 0.2) is 127 Å². The van der Waals surface area contributed by atoms with Crippen LogP contribution in [0.25, 0.3) is 52.8 Å². The molecular formula is C43H33NS. The molecule has 7 aromatic carbocycles. The Morgan fingerprint density at radius 3 is 2.18 bits per heavy atom. The van der Waals surface area contributed by atoms with Gasteiger partial charge in [0, 0.05) is 32.3 Å². The summed E-state index contributed by atoms with van der Waals surface area (Å²) in [6.45, 7) is 9.31. The summed E-state index contributed by atoms with van der Waals surface area (Å²) in [5, 5.41) is 7.99. The number of rotatable bonds is 3. The van der Waals surface area contributed by atoms with E-state index in [0.29, 0.717) is 0 Å². The molecule has 1 aromatic heterocycles. The van der Waals surface area contributed by atoms with E-state index >= 15 is 0 Å². The minimum Gasteiger partial charge on any atom is -0.309 e. The van der Waals surface area contributed by atoms with Crippen molar-refractivity contribution in [2.24, 2.45) is 0 Å². The van der Waals surface area contributed by atoms with Gasteiger partial charge in [0.15, 0.2) is 0 Å². The Bertz CT molecular complexity index is 2480. The normalized spacial score (nSPS) is 13.5. The number of benzene rings is 7. The van der Waals surface area contributed by atoms with Crippen molar-refractivity contribution in [2.75, 3.05) is 4.90 Å². The van der Waals surface area contributed by atoms with Crippen LogP contribution in [0.1, 0.15) is 36.1 Å². The minimum atomic E-state index is -0.0848. The lowest BCUT2D eigenvalue weighted by atomic mass is 9.67. The number of aryl methyl sites for hydroxylation is 2. The summed E-state index contributed by atoms with van der Waals surface area (Å²) in [5.74, 6) is 0. The predicted molar refractivity (Wildman–Crippen MR) is 196 cm³/mol. The molecule has 0 fully saturated rings. The second-order valence-electron chi connectivity index (χ2n) is 13.1. The molecule has 0 N–H and O–H groups in total. The van der Waals surface area contributed by atoms with Gasteiger partial charge in [-0.1, -0.05) is 110 Å². The Morgan fingerprint density at radius 2 is 1.31 bits per heavy atom. The first-order chi connectivity index (χ1) is 21.9. The zero-order chi connectivity index (χ0) is 30.4. The Morgan fingerprint density at radius 1 is 0.556 bits per heavy atom. The second kappa shape index (κ2) is 9.54. The molecular weight excluding hydrogens is 563 g/mol. The average Bonchev–Trinajstić information content (AvgIpc) is 3.45. The van der Waals surface area contributed by atoms with Crippen LogP contribution >= 0.6 is 11.3 Å². The van der Waals surface area contributed by atoms with Gasteiger partial charge in [0.2, 0.25) is 0 Å². The fourth-order valence-corrected chi connectivity index (χ4v) is 9.10. The first-order valence-corrected chi connectivity index (χ1v) is 16.6. The van der Waals surface area contributed by atoms with Crippen LogP contribution in [0.3, 0.4) is 0 Å². The molecule has 45 heavy (non-hydrogen) atoms. The van der Waals surface area contributed by atoms with Gasteiger partial charge in [-0.2, -0.15) is 0 Å². The van der Waals surface area contributed by atoms with Crippen molar-refractivity contribution in [1.29, 1.82) is 0 Å². The Balaban J connectivity index is 1.36. The lowest BCUT2D eigenvalue weighted by Gasteiger charge is -2.36. The number of thiophene rings is 1. The molecule has 216 valence electrons. The topological polar surface area (TPSA) is 3.24 Å². The molecule has 1 nitrogen and oxygen atoms in total. The maximum Gasteiger partial charge on any atom is 0.0640 e. The van der Waals surface area contributed by atoms with Gasteiger partial charge in [0.05, 0.1) is 10.4 Å². The van der Waals surface area contributed by atoms with Crippen molar-refractivity contribution in [3.63, 3.8) is 0 Å². The SMILES string of the molecule is Cc1ccc2c(c1)C(C)(C)c1cccc3c1c-2c(C)c1ccc(N(c2ccccc2)c2cccc4c2sc2ccccc24)cc13. The third kappa shape index (κ3) is 3.73. The van der Waals surface area contributed by atoms with Gasteiger partial charge in [0.1, 0.15) is 0 Å². The summed E-state index contributed by atoms with van der Waals surface area (Å²) in [7, 11) is 0. The summed E-state index contributed by atoms with van der Waals surface area (Å²) in [6.07, 6.45) is 0. The highest BCUT2D eigenvalue weighted by Crippen LogP contribution is 2.53. The molecule has 0 spiro atoms. The third-order valence-electron chi connectivity index (χ3n) is 10.1. The molecule has 0 atom stereocenters. The van der Waals surface area contributed by atoms with Gasteiger partial charge in [-0.3, -0.25) is 0 Å². The molecule has 0 amide bonds. The average molecular weight is 596 g/mol. The highest BCUT2D eigenvalue weighted by molar-refractivity contribution is 7.26. The minimum absolute atomic E-state index is 0.0848. The molecule has 1 aliphatic rings. The smallest absolute Gasteiger partial charge is 0.0640 e. The molecule has 1 heterocycles. The summed E-state index contributed by atoms with van der Waals surface area (Å²) in [4.78, 5) is 2.45. The predicted octanol–water partition coefficient (Wildman–Crippen LogP) is 12.8. The lowest BCUT2D eigenvalue weighted by molar-refractivity contribution is 0.644. The molecule has 9 rings (SSSR count). The first kappa shape index (κ1) is 26.5. The summed E-state index contributed by atoms with van der Waals surface area (Å²) < 4.78 is 2.63. The van der Waals surface area contributed by atoms with E-state index < -0.39 is 0 Å². The van der Waals surface area contributed by atoms with Gasteiger partial charge in [-0.05, 0) is 99.6 Å². The fourth-order valence-electron chi connectivity index (χ4n) is 7.90. The van der Waals surface area contributed by atoms with E-state index in [4.69, 9.17) is 0 Å². The molecule has 0 unspecified atom stereocenters. The zero-order valence-electron chi connectivity index (χ0n) is 26.0. The molecule has 2 heteroatoms. The quantitative estimate of drug-likeness (QED) is 0.184. The van der Waals surface area contributed by atoms with Crippen molar-refractivity contribution < 1.29 is 0 Å². The van der Waals surface area contributed by atoms with E-state index in [1.54, 1.807) is 0 Å². The van der Waals surface area contributed by atoms with Crippen LogP contribution in [0.5, 0.6) is 0 Å². The van der Waals surface area contributed by atoms with Gasteiger partial charge in [-0.25, -0.2) is 0 Å². The molecule has 0 saturated heterocycles. The third-order valence-corrected chi connectivity index (χ3v) is 11.3. The molecule has 0 aliphatic heterocycles. The first-order valence-electron chi connectivity index (χ1n) is 15.8. The molecule has 0 radical (unpaired) electrons. The van der Waals surface area contributed by atoms with E-state index in [-0.39, 0.29) is 5.41 Å². The van der Waals surface area contributed by atoms with Crippen LogP contribution in [0.4, 0.5) is 17.1 Å². The second-order valence-corrected chi connectivity index (χ2v) is 14.1. The maximum absolute atomic E-state index is 2.45. The van der Waals surface area contributed by atoms with Crippen LogP contribution in [0, 0.1) is 13.8 Å². The van der Waals surface area contributed by atoms with Gasteiger partial charge in [-0.15, -0.1) is 11.3 Å². The Hall–Kier alpha value is -4.92. The highest BCUT2D eigenvalue weighted by atomic mass is 32.1. The summed E-state index contributed by atoms with van der Waals surface area (Å²) >= 11 is 1.88. The summed E-state index contributed by atoms with van der Waals surface area (Å²) in [6, 6.07) is 47.4. The largest absolute Gasteiger partial charge is 0.309 e. The number of anilines is 3. The van der Waals surface area contributed by atoms with Crippen molar-refractivity contribution in [3.05, 3.63) is 150 Å². The van der Waals surface area contributed by atoms with Crippen molar-refractivity contribution in [3.8, 4) is 11.1 Å². The molecule has 0 saturated carbocycles. The van der Waals surface area contributed by atoms with Crippen LogP contribution < -0.4 is 4.90 Å². The van der Waals surface area contributed by atoms with Crippen molar-refractivity contribution in [2.45, 2.75) is 33.1 Å². The number of nitrogens with zero attached hydrogens (tertiary/aromatic N) is 1. The zero-order valence-corrected chi connectivity index (χ0v) is 26.8. The molecule has 1 aliphatic carbocycles.